The van der Waals surface area contributed by atoms with Gasteiger partial charge in [0.2, 0.25) is 0 Å². The fourth-order valence-corrected chi connectivity index (χ4v) is 3.09. The third-order valence-corrected chi connectivity index (χ3v) is 4.17. The van der Waals surface area contributed by atoms with E-state index in [9.17, 15) is 13.5 Å². The highest BCUT2D eigenvalue weighted by atomic mass is 32.2. The van der Waals surface area contributed by atoms with E-state index in [-0.39, 0.29) is 11.0 Å². The maximum absolute atomic E-state index is 11.2. The third kappa shape index (κ3) is 2.79. The van der Waals surface area contributed by atoms with Crippen LogP contribution in [0.5, 0.6) is 0 Å². The first kappa shape index (κ1) is 9.00. The van der Waals surface area contributed by atoms with E-state index in [1.807, 2.05) is 0 Å². The Balaban J connectivity index is 2.60. The zero-order chi connectivity index (χ0) is 8.70. The number of hydrogen-bond donors (Lipinski definition) is 0. The lowest BCUT2D eigenvalue weighted by Crippen LogP contribution is -2.30. The second-order valence-electron chi connectivity index (χ2n) is 3.77. The number of rotatable bonds is 3. The zero-order valence-corrected chi connectivity index (χ0v) is 7.65. The Labute approximate surface area is 67.3 Å². The fraction of sp³-hybridized carbons (Fsp3) is 1.00. The quantitative estimate of drug-likeness (QED) is 0.639. The molecule has 0 spiro atoms. The molecule has 0 atom stereocenters. The minimum Gasteiger partial charge on any atom is -0.229 e. The van der Waals surface area contributed by atoms with Crippen LogP contribution in [-0.4, -0.2) is 25.0 Å². The van der Waals surface area contributed by atoms with Gasteiger partial charge in [-0.05, 0) is 26.7 Å². The first-order chi connectivity index (χ1) is 4.81. The fourth-order valence-electron chi connectivity index (χ4n) is 1.03. The van der Waals surface area contributed by atoms with Gasteiger partial charge in [0, 0.05) is 0 Å². The van der Waals surface area contributed by atoms with E-state index in [4.69, 9.17) is 0 Å². The Morgan fingerprint density at radius 1 is 1.36 bits per heavy atom. The van der Waals surface area contributed by atoms with Crippen molar-refractivity contribution < 1.29 is 13.5 Å². The van der Waals surface area contributed by atoms with Crippen LogP contribution < -0.4 is 0 Å². The molecule has 65 valence electrons. The second kappa shape index (κ2) is 2.45. The molecule has 3 nitrogen and oxygen atoms in total. The number of sulfone groups is 1. The Kier molecular flexibility index (Phi) is 2.01. The van der Waals surface area contributed by atoms with Gasteiger partial charge in [-0.15, -0.1) is 0 Å². The van der Waals surface area contributed by atoms with Crippen LogP contribution in [-0.2, 0) is 14.9 Å². The van der Waals surface area contributed by atoms with Gasteiger partial charge in [0.05, 0.1) is 11.0 Å². The maximum atomic E-state index is 11.2. The molecule has 0 aliphatic heterocycles. The summed E-state index contributed by atoms with van der Waals surface area (Å²) in [6.45, 7) is 2.82. The first-order valence-electron chi connectivity index (χ1n) is 3.73. The lowest BCUT2D eigenvalue weighted by Gasteiger charge is -2.13. The monoisotopic (exact) mass is 177 g/mol. The molecule has 1 radical (unpaired) electrons. The van der Waals surface area contributed by atoms with Crippen molar-refractivity contribution in [3.05, 3.63) is 0 Å². The van der Waals surface area contributed by atoms with E-state index < -0.39 is 15.4 Å². The summed E-state index contributed by atoms with van der Waals surface area (Å²) in [4.78, 5) is 0. The molecule has 0 aromatic heterocycles. The van der Waals surface area contributed by atoms with Crippen molar-refractivity contribution in [3.8, 4) is 0 Å². The van der Waals surface area contributed by atoms with Crippen LogP contribution in [0.4, 0.5) is 0 Å². The lowest BCUT2D eigenvalue weighted by atomic mass is 10.2. The molecule has 0 aromatic rings. The molecule has 0 unspecified atom stereocenters. The highest BCUT2D eigenvalue weighted by Gasteiger charge is 2.39. The van der Waals surface area contributed by atoms with Crippen molar-refractivity contribution in [3.63, 3.8) is 0 Å². The molecule has 4 heteroatoms. The van der Waals surface area contributed by atoms with Gasteiger partial charge in [-0.25, -0.2) is 13.5 Å². The Hall–Kier alpha value is -0.0900. The van der Waals surface area contributed by atoms with Crippen LogP contribution >= 0.6 is 0 Å². The molecule has 1 saturated carbocycles. The van der Waals surface area contributed by atoms with E-state index >= 15 is 0 Å². The summed E-state index contributed by atoms with van der Waals surface area (Å²) in [6.07, 6.45) is 1.50. The zero-order valence-electron chi connectivity index (χ0n) is 6.83. The molecule has 1 fully saturated rings. The van der Waals surface area contributed by atoms with Gasteiger partial charge >= 0.3 is 0 Å². The first-order valence-corrected chi connectivity index (χ1v) is 5.45. The summed E-state index contributed by atoms with van der Waals surface area (Å²) in [7, 11) is -3.06. The molecule has 0 saturated heterocycles. The SMILES string of the molecule is CC(C)([O])CS(=O)(=O)C1CC1. The minimum atomic E-state index is -3.06. The summed E-state index contributed by atoms with van der Waals surface area (Å²) in [6, 6.07) is 0. The maximum Gasteiger partial charge on any atom is 0.156 e. The van der Waals surface area contributed by atoms with E-state index in [0.29, 0.717) is 0 Å². The molecule has 0 heterocycles. The third-order valence-electron chi connectivity index (χ3n) is 1.58. The van der Waals surface area contributed by atoms with Crippen LogP contribution in [0.2, 0.25) is 0 Å². The van der Waals surface area contributed by atoms with Crippen LogP contribution in [0.25, 0.3) is 0 Å². The van der Waals surface area contributed by atoms with Gasteiger partial charge in [-0.3, -0.25) is 0 Å². The van der Waals surface area contributed by atoms with Crippen molar-refractivity contribution in [2.75, 3.05) is 5.75 Å². The molecule has 1 aliphatic rings. The minimum absolute atomic E-state index is 0.198. The van der Waals surface area contributed by atoms with Crippen LogP contribution in [0.1, 0.15) is 26.7 Å². The summed E-state index contributed by atoms with van der Waals surface area (Å²) in [5.41, 5.74) is -1.33. The summed E-state index contributed by atoms with van der Waals surface area (Å²) < 4.78 is 22.4. The van der Waals surface area contributed by atoms with Crippen LogP contribution in [0.15, 0.2) is 0 Å². The Bertz CT molecular complexity index is 231. The molecule has 0 aromatic carbocycles. The van der Waals surface area contributed by atoms with Gasteiger partial charge < -0.3 is 0 Å². The summed E-state index contributed by atoms with van der Waals surface area (Å²) in [5, 5.41) is 10.9. The van der Waals surface area contributed by atoms with Gasteiger partial charge in [-0.1, -0.05) is 0 Å². The standard InChI is InChI=1S/C7H13O3S/c1-7(2,8)5-11(9,10)6-3-4-6/h6H,3-5H2,1-2H3. The molecular formula is C7H13O3S. The molecule has 1 rings (SSSR count). The molecule has 1 aliphatic carbocycles. The largest absolute Gasteiger partial charge is 0.229 e. The molecule has 11 heavy (non-hydrogen) atoms. The highest BCUT2D eigenvalue weighted by Crippen LogP contribution is 2.30. The van der Waals surface area contributed by atoms with Crippen molar-refractivity contribution in [2.24, 2.45) is 0 Å². The summed E-state index contributed by atoms with van der Waals surface area (Å²) >= 11 is 0. The van der Waals surface area contributed by atoms with Gasteiger partial charge in [0.25, 0.3) is 0 Å². The normalized spacial score (nSPS) is 20.3. The number of hydrogen-bond acceptors (Lipinski definition) is 2. The molecule has 0 N–H and O–H groups in total. The predicted octanol–water partition coefficient (Wildman–Crippen LogP) is 0.773. The molecule has 0 bridgehead atoms. The van der Waals surface area contributed by atoms with Crippen molar-refractivity contribution >= 4 is 9.84 Å². The van der Waals surface area contributed by atoms with Crippen molar-refractivity contribution in [2.45, 2.75) is 37.5 Å². The molecule has 0 amide bonds. The second-order valence-corrected chi connectivity index (χ2v) is 6.05. The Morgan fingerprint density at radius 2 is 1.82 bits per heavy atom. The van der Waals surface area contributed by atoms with E-state index in [2.05, 4.69) is 0 Å². The van der Waals surface area contributed by atoms with E-state index in [1.54, 1.807) is 0 Å². The lowest BCUT2D eigenvalue weighted by molar-refractivity contribution is 0.0249. The Morgan fingerprint density at radius 3 is 2.09 bits per heavy atom. The summed E-state index contributed by atoms with van der Waals surface area (Å²) in [5.74, 6) is -0.218. The van der Waals surface area contributed by atoms with Gasteiger partial charge in [0.1, 0.15) is 5.60 Å². The molecular weight excluding hydrogens is 164 g/mol. The smallest absolute Gasteiger partial charge is 0.156 e. The van der Waals surface area contributed by atoms with Crippen molar-refractivity contribution in [1.82, 2.24) is 0 Å². The predicted molar refractivity (Wildman–Crippen MR) is 41.6 cm³/mol. The van der Waals surface area contributed by atoms with Crippen molar-refractivity contribution in [1.29, 1.82) is 0 Å². The van der Waals surface area contributed by atoms with Crippen LogP contribution in [0.3, 0.4) is 0 Å². The van der Waals surface area contributed by atoms with E-state index in [0.717, 1.165) is 12.8 Å². The highest BCUT2D eigenvalue weighted by molar-refractivity contribution is 7.92. The van der Waals surface area contributed by atoms with Gasteiger partial charge in [0.15, 0.2) is 9.84 Å². The average molecular weight is 177 g/mol. The average Bonchev–Trinajstić information content (AvgIpc) is 2.30. The van der Waals surface area contributed by atoms with Gasteiger partial charge in [-0.2, -0.15) is 0 Å². The topological polar surface area (TPSA) is 54.0 Å². The van der Waals surface area contributed by atoms with Crippen LogP contribution in [0, 0.1) is 0 Å². The van der Waals surface area contributed by atoms with E-state index in [1.165, 1.54) is 13.8 Å².